The maximum absolute atomic E-state index is 12.1. The van der Waals surface area contributed by atoms with E-state index in [4.69, 9.17) is 23.2 Å². The number of hydrogen-bond acceptors (Lipinski definition) is 7. The number of rotatable bonds is 2. The molecule has 0 aromatic carbocycles. The fourth-order valence-corrected chi connectivity index (χ4v) is 3.48. The fourth-order valence-electron chi connectivity index (χ4n) is 3.21. The monoisotopic (exact) mass is 473 g/mol. The summed E-state index contributed by atoms with van der Waals surface area (Å²) in [6.07, 6.45) is 8.81. The maximum Gasteiger partial charge on any atom is 0.321 e. The van der Waals surface area contributed by atoms with E-state index in [1.807, 2.05) is 0 Å². The molecule has 1 aliphatic rings. The predicted octanol–water partition coefficient (Wildman–Crippen LogP) is 3.61. The number of urea groups is 1. The lowest BCUT2D eigenvalue weighted by molar-refractivity contribution is 0.221. The highest BCUT2D eigenvalue weighted by Gasteiger charge is 2.24. The van der Waals surface area contributed by atoms with Gasteiger partial charge >= 0.3 is 6.03 Å². The highest BCUT2D eigenvalue weighted by Crippen LogP contribution is 2.20. The first-order valence-corrected chi connectivity index (χ1v) is 10.3. The van der Waals surface area contributed by atoms with Crippen molar-refractivity contribution >= 4 is 58.0 Å². The van der Waals surface area contributed by atoms with Crippen molar-refractivity contribution in [2.45, 2.75) is 13.3 Å². The number of halogens is 2. The van der Waals surface area contributed by atoms with Crippen LogP contribution in [0.15, 0.2) is 41.9 Å². The zero-order valence-electron chi connectivity index (χ0n) is 16.8. The number of hydrogen-bond donors (Lipinski definition) is 1. The van der Waals surface area contributed by atoms with Gasteiger partial charge in [-0.3, -0.25) is 0 Å². The van der Waals surface area contributed by atoms with Gasteiger partial charge < -0.3 is 10.2 Å². The number of isocyanates is 1. The molecule has 1 saturated heterocycles. The Hall–Kier alpha value is -3.53. The number of likely N-dealkylation sites (tertiary alicyclic amines) is 1. The molecule has 13 heteroatoms. The van der Waals surface area contributed by atoms with Crippen LogP contribution in [0.1, 0.15) is 13.3 Å². The quantitative estimate of drug-likeness (QED) is 0.269. The average molecular weight is 474 g/mol. The standard InChI is InChI=1S/C12H14ClN5O.C7H3ClN4O/c1-8-2-4-17(7-8)12(19)15-9-6-14-18-5-3-10(13)16-11(9)18;8-6-1-2-12-7(11-6)5(3-10-12)9-4-13/h3,5-6,8H,2,4,7H2,1H3,(H,15,19);1-3H/t8-;/m0./s1. The van der Waals surface area contributed by atoms with E-state index in [0.29, 0.717) is 38.9 Å². The molecular weight excluding hydrogens is 457 g/mol. The van der Waals surface area contributed by atoms with Crippen molar-refractivity contribution in [1.82, 2.24) is 34.1 Å². The second-order valence-corrected chi connectivity index (χ2v) is 7.87. The third kappa shape index (κ3) is 4.70. The van der Waals surface area contributed by atoms with Crippen LogP contribution in [0.3, 0.4) is 0 Å². The van der Waals surface area contributed by atoms with E-state index in [2.05, 4.69) is 37.4 Å². The Labute approximate surface area is 191 Å². The Morgan fingerprint density at radius 1 is 1.12 bits per heavy atom. The van der Waals surface area contributed by atoms with Crippen LogP contribution >= 0.6 is 23.2 Å². The summed E-state index contributed by atoms with van der Waals surface area (Å²) < 4.78 is 3.05. The fraction of sp³-hybridized carbons (Fsp3) is 0.263. The van der Waals surface area contributed by atoms with Gasteiger partial charge in [-0.15, -0.1) is 0 Å². The summed E-state index contributed by atoms with van der Waals surface area (Å²) in [6.45, 7) is 3.73. The Bertz CT molecular complexity index is 1330. The molecule has 0 unspecified atom stereocenters. The lowest BCUT2D eigenvalue weighted by Crippen LogP contribution is -2.32. The molecule has 5 rings (SSSR count). The zero-order chi connectivity index (χ0) is 22.7. The Morgan fingerprint density at radius 2 is 1.78 bits per heavy atom. The first kappa shape index (κ1) is 21.7. The van der Waals surface area contributed by atoms with Crippen molar-refractivity contribution in [3.8, 4) is 0 Å². The molecule has 2 amide bonds. The number of carbonyl (C=O) groups excluding carboxylic acids is 2. The van der Waals surface area contributed by atoms with Crippen LogP contribution in [-0.4, -0.2) is 59.3 Å². The number of carbonyl (C=O) groups is 1. The van der Waals surface area contributed by atoms with Gasteiger partial charge in [0.2, 0.25) is 6.08 Å². The normalized spacial score (nSPS) is 15.3. The molecule has 4 aromatic rings. The number of fused-ring (bicyclic) bond motifs is 2. The van der Waals surface area contributed by atoms with Crippen LogP contribution in [-0.2, 0) is 4.79 Å². The molecule has 1 N–H and O–H groups in total. The first-order valence-electron chi connectivity index (χ1n) is 9.58. The van der Waals surface area contributed by atoms with Crippen molar-refractivity contribution in [1.29, 1.82) is 0 Å². The lowest BCUT2D eigenvalue weighted by atomic mass is 10.2. The molecule has 0 saturated carbocycles. The zero-order valence-corrected chi connectivity index (χ0v) is 18.3. The topological polar surface area (TPSA) is 122 Å². The van der Waals surface area contributed by atoms with Gasteiger partial charge in [-0.2, -0.15) is 15.2 Å². The van der Waals surface area contributed by atoms with E-state index in [1.54, 1.807) is 40.1 Å². The summed E-state index contributed by atoms with van der Waals surface area (Å²) in [5.74, 6) is 0.558. The molecule has 4 aromatic heterocycles. The molecule has 5 heterocycles. The first-order chi connectivity index (χ1) is 15.4. The van der Waals surface area contributed by atoms with Crippen LogP contribution in [0.4, 0.5) is 16.2 Å². The van der Waals surface area contributed by atoms with E-state index in [1.165, 1.54) is 16.8 Å². The number of amides is 2. The third-order valence-corrected chi connectivity index (χ3v) is 5.19. The van der Waals surface area contributed by atoms with Crippen LogP contribution in [0.25, 0.3) is 11.3 Å². The average Bonchev–Trinajstić information content (AvgIpc) is 3.48. The van der Waals surface area contributed by atoms with Crippen molar-refractivity contribution in [2.75, 3.05) is 18.4 Å². The van der Waals surface area contributed by atoms with E-state index >= 15 is 0 Å². The molecule has 164 valence electrons. The molecular formula is C19H17Cl2N9O2. The number of aliphatic imine (C=N–C) groups is 1. The predicted molar refractivity (Wildman–Crippen MR) is 118 cm³/mol. The number of nitrogens with one attached hydrogen (secondary N) is 1. The molecule has 11 nitrogen and oxygen atoms in total. The van der Waals surface area contributed by atoms with Crippen molar-refractivity contribution < 1.29 is 9.59 Å². The van der Waals surface area contributed by atoms with Crippen LogP contribution in [0.5, 0.6) is 0 Å². The smallest absolute Gasteiger partial charge is 0.321 e. The minimum absolute atomic E-state index is 0.110. The minimum Gasteiger partial charge on any atom is -0.324 e. The summed E-state index contributed by atoms with van der Waals surface area (Å²) in [4.78, 5) is 35.5. The minimum atomic E-state index is -0.110. The van der Waals surface area contributed by atoms with Crippen LogP contribution < -0.4 is 5.32 Å². The van der Waals surface area contributed by atoms with Gasteiger partial charge in [0.15, 0.2) is 11.3 Å². The number of aromatic nitrogens is 6. The molecule has 32 heavy (non-hydrogen) atoms. The van der Waals surface area contributed by atoms with Crippen molar-refractivity contribution in [3.05, 3.63) is 47.2 Å². The lowest BCUT2D eigenvalue weighted by Gasteiger charge is -2.15. The van der Waals surface area contributed by atoms with Gasteiger partial charge in [-0.1, -0.05) is 30.1 Å². The Morgan fingerprint density at radius 3 is 2.44 bits per heavy atom. The molecule has 0 radical (unpaired) electrons. The summed E-state index contributed by atoms with van der Waals surface area (Å²) in [7, 11) is 0. The Balaban J connectivity index is 0.000000165. The van der Waals surface area contributed by atoms with Crippen LogP contribution in [0.2, 0.25) is 10.3 Å². The van der Waals surface area contributed by atoms with Gasteiger partial charge in [0, 0.05) is 25.5 Å². The molecule has 0 spiro atoms. The summed E-state index contributed by atoms with van der Waals surface area (Å²) in [5, 5.41) is 11.6. The van der Waals surface area contributed by atoms with E-state index in [9.17, 15) is 9.59 Å². The second-order valence-electron chi connectivity index (χ2n) is 7.10. The summed E-state index contributed by atoms with van der Waals surface area (Å²) in [6, 6.07) is 3.13. The van der Waals surface area contributed by atoms with Gasteiger partial charge in [0.25, 0.3) is 0 Å². The summed E-state index contributed by atoms with van der Waals surface area (Å²) in [5.41, 5.74) is 1.92. The molecule has 0 aliphatic carbocycles. The van der Waals surface area contributed by atoms with Crippen LogP contribution in [0, 0.1) is 5.92 Å². The molecule has 1 aliphatic heterocycles. The van der Waals surface area contributed by atoms with E-state index < -0.39 is 0 Å². The Kier molecular flexibility index (Phi) is 6.31. The highest BCUT2D eigenvalue weighted by molar-refractivity contribution is 6.29. The van der Waals surface area contributed by atoms with Gasteiger partial charge in [-0.25, -0.2) is 28.6 Å². The number of nitrogens with zero attached hydrogens (tertiary/aromatic N) is 8. The highest BCUT2D eigenvalue weighted by atomic mass is 35.5. The molecule has 1 fully saturated rings. The third-order valence-electron chi connectivity index (χ3n) is 4.77. The van der Waals surface area contributed by atoms with Gasteiger partial charge in [0.1, 0.15) is 21.7 Å². The molecule has 1 atom stereocenters. The van der Waals surface area contributed by atoms with Gasteiger partial charge in [0.05, 0.1) is 12.4 Å². The molecule has 0 bridgehead atoms. The summed E-state index contributed by atoms with van der Waals surface area (Å²) >= 11 is 11.5. The van der Waals surface area contributed by atoms with Crippen molar-refractivity contribution in [2.24, 2.45) is 10.9 Å². The number of anilines is 1. The van der Waals surface area contributed by atoms with Crippen molar-refractivity contribution in [3.63, 3.8) is 0 Å². The van der Waals surface area contributed by atoms with E-state index in [-0.39, 0.29) is 6.03 Å². The maximum atomic E-state index is 12.1. The second kappa shape index (κ2) is 9.31. The SMILES string of the molecule is C[C@H]1CCN(C(=O)Nc2cnn3ccc(Cl)nc23)C1.O=C=Nc1cnn2ccc(Cl)nc12. The largest absolute Gasteiger partial charge is 0.324 e. The van der Waals surface area contributed by atoms with E-state index in [0.717, 1.165) is 19.5 Å². The van der Waals surface area contributed by atoms with Gasteiger partial charge in [-0.05, 0) is 24.5 Å².